The fraction of sp³-hybridized carbons (Fsp3) is 0.333. The summed E-state index contributed by atoms with van der Waals surface area (Å²) in [6, 6.07) is 6.20. The summed E-state index contributed by atoms with van der Waals surface area (Å²) in [6.45, 7) is 3.28. The zero-order valence-corrected chi connectivity index (χ0v) is 16.0. The van der Waals surface area contributed by atoms with Crippen LogP contribution in [0.2, 0.25) is 5.02 Å². The van der Waals surface area contributed by atoms with Crippen LogP contribution >= 0.6 is 23.4 Å². The van der Waals surface area contributed by atoms with Gasteiger partial charge < -0.3 is 10.6 Å². The summed E-state index contributed by atoms with van der Waals surface area (Å²) in [4.78, 5) is 21.0. The summed E-state index contributed by atoms with van der Waals surface area (Å²) in [7, 11) is 0. The predicted molar refractivity (Wildman–Crippen MR) is 106 cm³/mol. The highest BCUT2D eigenvalue weighted by Gasteiger charge is 2.20. The molecule has 1 saturated heterocycles. The fourth-order valence-electron chi connectivity index (χ4n) is 3.14. The van der Waals surface area contributed by atoms with Crippen LogP contribution in [0.15, 0.2) is 40.5 Å². The lowest BCUT2D eigenvalue weighted by atomic mass is 10.0. The largest absolute Gasteiger partial charge is 0.382 e. The first-order chi connectivity index (χ1) is 12.6. The lowest BCUT2D eigenvalue weighted by molar-refractivity contribution is 0.481. The zero-order chi connectivity index (χ0) is 18.1. The van der Waals surface area contributed by atoms with Crippen LogP contribution in [-0.2, 0) is 0 Å². The second-order valence-corrected chi connectivity index (χ2v) is 7.81. The third kappa shape index (κ3) is 3.41. The van der Waals surface area contributed by atoms with E-state index in [9.17, 15) is 0 Å². The van der Waals surface area contributed by atoms with Crippen molar-refractivity contribution in [1.82, 2.24) is 19.9 Å². The maximum atomic E-state index is 6.21. The van der Waals surface area contributed by atoms with E-state index in [1.165, 1.54) is 31.0 Å². The van der Waals surface area contributed by atoms with Gasteiger partial charge in [-0.25, -0.2) is 19.9 Å². The lowest BCUT2D eigenvalue weighted by Crippen LogP contribution is -2.38. The number of aromatic nitrogens is 4. The molecule has 8 heteroatoms. The van der Waals surface area contributed by atoms with Crippen LogP contribution in [-0.4, -0.2) is 32.5 Å². The van der Waals surface area contributed by atoms with Gasteiger partial charge in [-0.2, -0.15) is 0 Å². The third-order valence-electron chi connectivity index (χ3n) is 4.56. The molecule has 0 saturated carbocycles. The molecule has 0 bridgehead atoms. The van der Waals surface area contributed by atoms with Gasteiger partial charge >= 0.3 is 0 Å². The maximum absolute atomic E-state index is 6.21. The van der Waals surface area contributed by atoms with E-state index < -0.39 is 0 Å². The molecule has 6 nitrogen and oxygen atoms in total. The normalized spacial score (nSPS) is 17.6. The van der Waals surface area contributed by atoms with Crippen LogP contribution < -0.4 is 10.6 Å². The summed E-state index contributed by atoms with van der Waals surface area (Å²) in [6.07, 6.45) is 7.14. The van der Waals surface area contributed by atoms with Crippen molar-refractivity contribution in [3.05, 3.63) is 35.6 Å². The second-order valence-electron chi connectivity index (χ2n) is 6.37. The molecule has 134 valence electrons. The van der Waals surface area contributed by atoms with Crippen molar-refractivity contribution in [3.63, 3.8) is 0 Å². The Kier molecular flexibility index (Phi) is 4.82. The van der Waals surface area contributed by atoms with Crippen molar-refractivity contribution in [2.24, 2.45) is 0 Å². The Hall–Kier alpha value is -2.12. The molecular weight excluding hydrogens is 368 g/mol. The third-order valence-corrected chi connectivity index (χ3v) is 6.06. The summed E-state index contributed by atoms with van der Waals surface area (Å²) in [5.41, 5.74) is 7.18. The average Bonchev–Trinajstić information content (AvgIpc) is 2.65. The van der Waals surface area contributed by atoms with Gasteiger partial charge in [0.15, 0.2) is 5.65 Å². The quantitative estimate of drug-likeness (QED) is 0.722. The molecule has 1 aliphatic heterocycles. The van der Waals surface area contributed by atoms with Gasteiger partial charge in [-0.05, 0) is 44.4 Å². The number of nitrogens with two attached hydrogens (primary N) is 1. The minimum absolute atomic E-state index is 0.317. The number of halogens is 1. The van der Waals surface area contributed by atoms with Gasteiger partial charge in [0.1, 0.15) is 22.2 Å². The van der Waals surface area contributed by atoms with E-state index in [0.29, 0.717) is 22.5 Å². The Labute approximate surface area is 161 Å². The molecule has 0 amide bonds. The van der Waals surface area contributed by atoms with E-state index in [0.717, 1.165) is 27.8 Å². The SMILES string of the molecule is CC1CCCCN1c1cnc2nc(Sc3ccnc(N)c3Cl)ccc2n1. The van der Waals surface area contributed by atoms with Crippen molar-refractivity contribution in [2.75, 3.05) is 17.2 Å². The maximum Gasteiger partial charge on any atom is 0.179 e. The first-order valence-electron chi connectivity index (χ1n) is 8.60. The molecule has 2 N–H and O–H groups in total. The number of rotatable bonds is 3. The van der Waals surface area contributed by atoms with Gasteiger partial charge in [0.2, 0.25) is 0 Å². The average molecular weight is 387 g/mol. The Morgan fingerprint density at radius 1 is 1.19 bits per heavy atom. The number of nitrogen functional groups attached to an aromatic ring is 1. The van der Waals surface area contributed by atoms with Crippen molar-refractivity contribution in [1.29, 1.82) is 0 Å². The second kappa shape index (κ2) is 7.25. The van der Waals surface area contributed by atoms with E-state index >= 15 is 0 Å². The molecular formula is C18H19ClN6S. The van der Waals surface area contributed by atoms with Gasteiger partial charge in [-0.1, -0.05) is 23.4 Å². The number of pyridine rings is 2. The van der Waals surface area contributed by atoms with Crippen LogP contribution in [0.25, 0.3) is 11.2 Å². The smallest absolute Gasteiger partial charge is 0.179 e. The van der Waals surface area contributed by atoms with E-state index in [4.69, 9.17) is 22.3 Å². The van der Waals surface area contributed by atoms with Crippen molar-refractivity contribution in [2.45, 2.75) is 42.1 Å². The molecule has 0 radical (unpaired) electrons. The molecule has 0 spiro atoms. The fourth-order valence-corrected chi connectivity index (χ4v) is 4.19. The van der Waals surface area contributed by atoms with Crippen LogP contribution in [0.1, 0.15) is 26.2 Å². The Bertz CT molecular complexity index is 950. The summed E-state index contributed by atoms with van der Waals surface area (Å²) >= 11 is 7.65. The Morgan fingerprint density at radius 2 is 2.08 bits per heavy atom. The molecule has 3 aromatic rings. The Balaban J connectivity index is 1.62. The van der Waals surface area contributed by atoms with Gasteiger partial charge in [0.05, 0.1) is 11.2 Å². The van der Waals surface area contributed by atoms with E-state index in [1.54, 1.807) is 6.20 Å². The van der Waals surface area contributed by atoms with E-state index in [2.05, 4.69) is 26.8 Å². The molecule has 4 heterocycles. The van der Waals surface area contributed by atoms with Crippen molar-refractivity contribution >= 4 is 46.2 Å². The minimum Gasteiger partial charge on any atom is -0.382 e. The Morgan fingerprint density at radius 3 is 2.92 bits per heavy atom. The van der Waals surface area contributed by atoms with Crippen molar-refractivity contribution in [3.8, 4) is 0 Å². The summed E-state index contributed by atoms with van der Waals surface area (Å²) in [5.74, 6) is 1.24. The number of anilines is 2. The first kappa shape index (κ1) is 17.3. The van der Waals surface area contributed by atoms with Gasteiger partial charge in [0.25, 0.3) is 0 Å². The molecule has 26 heavy (non-hydrogen) atoms. The molecule has 3 aromatic heterocycles. The molecule has 4 rings (SSSR count). The van der Waals surface area contributed by atoms with Gasteiger partial charge in [-0.15, -0.1) is 0 Å². The van der Waals surface area contributed by atoms with Crippen molar-refractivity contribution < 1.29 is 0 Å². The highest BCUT2D eigenvalue weighted by Crippen LogP contribution is 2.35. The van der Waals surface area contributed by atoms with Gasteiger partial charge in [0, 0.05) is 23.7 Å². The highest BCUT2D eigenvalue weighted by molar-refractivity contribution is 7.99. The molecule has 1 aliphatic rings. The number of hydrogen-bond acceptors (Lipinski definition) is 7. The van der Waals surface area contributed by atoms with Crippen LogP contribution in [0.5, 0.6) is 0 Å². The number of fused-ring (bicyclic) bond motifs is 1. The number of nitrogens with zero attached hydrogens (tertiary/aromatic N) is 5. The molecule has 1 fully saturated rings. The predicted octanol–water partition coefficient (Wildman–Crippen LogP) is 4.19. The molecule has 1 unspecified atom stereocenters. The minimum atomic E-state index is 0.317. The van der Waals surface area contributed by atoms with Crippen LogP contribution in [0.4, 0.5) is 11.6 Å². The summed E-state index contributed by atoms with van der Waals surface area (Å²) in [5, 5.41) is 1.23. The molecule has 0 aliphatic carbocycles. The molecule has 1 atom stereocenters. The lowest BCUT2D eigenvalue weighted by Gasteiger charge is -2.34. The van der Waals surface area contributed by atoms with E-state index in [-0.39, 0.29) is 0 Å². The standard InChI is InChI=1S/C18H19ClN6S/c1-11-4-2-3-9-25(11)14-10-22-18-12(23-14)5-6-15(24-18)26-13-7-8-21-17(20)16(13)19/h5-8,10-11H,2-4,9H2,1H3,(H2,20,21). The van der Waals surface area contributed by atoms with E-state index in [1.807, 2.05) is 24.4 Å². The van der Waals surface area contributed by atoms with Crippen LogP contribution in [0.3, 0.4) is 0 Å². The number of hydrogen-bond donors (Lipinski definition) is 1. The monoisotopic (exact) mass is 386 g/mol. The summed E-state index contributed by atoms with van der Waals surface area (Å²) < 4.78 is 0. The number of piperidine rings is 1. The van der Waals surface area contributed by atoms with Crippen LogP contribution in [0, 0.1) is 0 Å². The topological polar surface area (TPSA) is 80.8 Å². The molecule has 0 aromatic carbocycles. The zero-order valence-electron chi connectivity index (χ0n) is 14.4. The highest BCUT2D eigenvalue weighted by atomic mass is 35.5. The first-order valence-corrected chi connectivity index (χ1v) is 9.79. The van der Waals surface area contributed by atoms with Gasteiger partial charge in [-0.3, -0.25) is 0 Å².